The second-order valence-electron chi connectivity index (χ2n) is 4.48. The maximum Gasteiger partial charge on any atom is 0.123 e. The van der Waals surface area contributed by atoms with Crippen LogP contribution in [-0.2, 0) is 0 Å². The molecular weight excluding hydrogens is 236 g/mol. The van der Waals surface area contributed by atoms with Crippen LogP contribution in [0.4, 0.5) is 0 Å². The number of hydrogen-bond acceptors (Lipinski definition) is 2. The van der Waals surface area contributed by atoms with Crippen LogP contribution in [-0.4, -0.2) is 13.2 Å². The summed E-state index contributed by atoms with van der Waals surface area (Å²) < 4.78 is 11.4. The van der Waals surface area contributed by atoms with Crippen LogP contribution in [0.5, 0.6) is 11.5 Å². The van der Waals surface area contributed by atoms with E-state index in [4.69, 9.17) is 9.47 Å². The van der Waals surface area contributed by atoms with Crippen LogP contribution in [0, 0.1) is 0 Å². The first-order chi connectivity index (χ1) is 9.26. The Morgan fingerprint density at radius 2 is 1.84 bits per heavy atom. The molecule has 1 rings (SSSR count). The van der Waals surface area contributed by atoms with E-state index in [0.29, 0.717) is 19.1 Å². The van der Waals surface area contributed by atoms with Gasteiger partial charge in [0.1, 0.15) is 11.5 Å². The summed E-state index contributed by atoms with van der Waals surface area (Å²) in [5.74, 6) is 2.40. The molecule has 0 spiro atoms. The fourth-order valence-corrected chi connectivity index (χ4v) is 2.20. The van der Waals surface area contributed by atoms with Crippen molar-refractivity contribution in [2.45, 2.75) is 46.5 Å². The quantitative estimate of drug-likeness (QED) is 0.617. The summed E-state index contributed by atoms with van der Waals surface area (Å²) >= 11 is 0. The summed E-state index contributed by atoms with van der Waals surface area (Å²) in [7, 11) is 0. The SMILES string of the molecule is C/C=C\CC(CC)c1cc(OCC)ccc1OCC. The van der Waals surface area contributed by atoms with Gasteiger partial charge < -0.3 is 9.47 Å². The third kappa shape index (κ3) is 4.62. The van der Waals surface area contributed by atoms with Crippen molar-refractivity contribution >= 4 is 0 Å². The molecule has 0 aliphatic heterocycles. The van der Waals surface area contributed by atoms with E-state index in [0.717, 1.165) is 24.3 Å². The van der Waals surface area contributed by atoms with E-state index >= 15 is 0 Å². The summed E-state index contributed by atoms with van der Waals surface area (Å²) in [6.45, 7) is 9.70. The van der Waals surface area contributed by atoms with E-state index in [1.165, 1.54) is 5.56 Å². The standard InChI is InChI=1S/C17H26O2/c1-5-9-10-14(6-2)16-13-15(18-7-3)11-12-17(16)19-8-4/h5,9,11-14H,6-8,10H2,1-4H3/b9-5-. The van der Waals surface area contributed by atoms with Crippen LogP contribution in [0.25, 0.3) is 0 Å². The fraction of sp³-hybridized carbons (Fsp3) is 0.529. The predicted octanol–water partition coefficient (Wildman–Crippen LogP) is 4.94. The molecule has 0 aromatic heterocycles. The molecule has 0 N–H and O–H groups in total. The van der Waals surface area contributed by atoms with Crippen molar-refractivity contribution in [3.8, 4) is 11.5 Å². The molecule has 1 unspecified atom stereocenters. The zero-order valence-corrected chi connectivity index (χ0v) is 12.6. The van der Waals surface area contributed by atoms with E-state index in [1.807, 2.05) is 26.0 Å². The second kappa shape index (κ2) is 8.63. The molecule has 0 saturated heterocycles. The van der Waals surface area contributed by atoms with Crippen LogP contribution in [0.3, 0.4) is 0 Å². The molecule has 2 nitrogen and oxygen atoms in total. The molecule has 1 aromatic carbocycles. The van der Waals surface area contributed by atoms with Crippen molar-refractivity contribution in [2.24, 2.45) is 0 Å². The zero-order chi connectivity index (χ0) is 14.1. The highest BCUT2D eigenvalue weighted by Gasteiger charge is 2.14. The lowest BCUT2D eigenvalue weighted by Crippen LogP contribution is -2.03. The Bertz CT molecular complexity index is 396. The molecule has 1 atom stereocenters. The highest BCUT2D eigenvalue weighted by molar-refractivity contribution is 5.42. The number of benzene rings is 1. The maximum absolute atomic E-state index is 5.75. The van der Waals surface area contributed by atoms with Gasteiger partial charge in [0, 0.05) is 5.56 Å². The Labute approximate surface area is 117 Å². The molecule has 0 saturated carbocycles. The van der Waals surface area contributed by atoms with Crippen molar-refractivity contribution in [3.05, 3.63) is 35.9 Å². The molecule has 2 heteroatoms. The Morgan fingerprint density at radius 1 is 1.11 bits per heavy atom. The zero-order valence-electron chi connectivity index (χ0n) is 12.6. The molecular formula is C17H26O2. The number of hydrogen-bond donors (Lipinski definition) is 0. The summed E-state index contributed by atoms with van der Waals surface area (Å²) in [4.78, 5) is 0. The van der Waals surface area contributed by atoms with Gasteiger partial charge in [-0.1, -0.05) is 19.1 Å². The van der Waals surface area contributed by atoms with Gasteiger partial charge in [-0.2, -0.15) is 0 Å². The van der Waals surface area contributed by atoms with E-state index in [1.54, 1.807) is 0 Å². The minimum absolute atomic E-state index is 0.484. The monoisotopic (exact) mass is 262 g/mol. The molecule has 0 amide bonds. The van der Waals surface area contributed by atoms with Gasteiger partial charge in [-0.05, 0) is 57.7 Å². The molecule has 0 aliphatic rings. The normalized spacial score (nSPS) is 12.6. The number of allylic oxidation sites excluding steroid dienone is 2. The van der Waals surface area contributed by atoms with Gasteiger partial charge in [-0.3, -0.25) is 0 Å². The van der Waals surface area contributed by atoms with Crippen LogP contribution in [0.15, 0.2) is 30.4 Å². The molecule has 0 heterocycles. The van der Waals surface area contributed by atoms with Crippen molar-refractivity contribution < 1.29 is 9.47 Å². The van der Waals surface area contributed by atoms with Gasteiger partial charge in [0.25, 0.3) is 0 Å². The first kappa shape index (κ1) is 15.6. The summed E-state index contributed by atoms with van der Waals surface area (Å²) in [6, 6.07) is 6.15. The van der Waals surface area contributed by atoms with Gasteiger partial charge in [-0.25, -0.2) is 0 Å². The van der Waals surface area contributed by atoms with E-state index in [2.05, 4.69) is 32.1 Å². The van der Waals surface area contributed by atoms with Crippen LogP contribution >= 0.6 is 0 Å². The topological polar surface area (TPSA) is 18.5 Å². The first-order valence-corrected chi connectivity index (χ1v) is 7.27. The summed E-state index contributed by atoms with van der Waals surface area (Å²) in [6.07, 6.45) is 6.47. The van der Waals surface area contributed by atoms with Crippen LogP contribution in [0.2, 0.25) is 0 Å². The minimum Gasteiger partial charge on any atom is -0.494 e. The minimum atomic E-state index is 0.484. The molecule has 0 radical (unpaired) electrons. The molecule has 0 aliphatic carbocycles. The smallest absolute Gasteiger partial charge is 0.123 e. The second-order valence-corrected chi connectivity index (χ2v) is 4.48. The summed E-state index contributed by atoms with van der Waals surface area (Å²) in [5.41, 5.74) is 1.26. The van der Waals surface area contributed by atoms with Gasteiger partial charge in [0.15, 0.2) is 0 Å². The van der Waals surface area contributed by atoms with E-state index in [9.17, 15) is 0 Å². The third-order valence-corrected chi connectivity index (χ3v) is 3.18. The average molecular weight is 262 g/mol. The first-order valence-electron chi connectivity index (χ1n) is 7.27. The van der Waals surface area contributed by atoms with Crippen molar-refractivity contribution in [2.75, 3.05) is 13.2 Å². The third-order valence-electron chi connectivity index (χ3n) is 3.18. The number of rotatable bonds is 8. The lowest BCUT2D eigenvalue weighted by Gasteiger charge is -2.19. The predicted molar refractivity (Wildman–Crippen MR) is 81.2 cm³/mol. The average Bonchev–Trinajstić information content (AvgIpc) is 2.42. The Balaban J connectivity index is 3.05. The van der Waals surface area contributed by atoms with Crippen LogP contribution in [0.1, 0.15) is 52.0 Å². The van der Waals surface area contributed by atoms with Gasteiger partial charge >= 0.3 is 0 Å². The van der Waals surface area contributed by atoms with E-state index < -0.39 is 0 Å². The summed E-state index contributed by atoms with van der Waals surface area (Å²) in [5, 5.41) is 0. The lowest BCUT2D eigenvalue weighted by atomic mass is 9.92. The van der Waals surface area contributed by atoms with Gasteiger partial charge in [-0.15, -0.1) is 0 Å². The van der Waals surface area contributed by atoms with E-state index in [-0.39, 0.29) is 0 Å². The highest BCUT2D eigenvalue weighted by Crippen LogP contribution is 2.34. The lowest BCUT2D eigenvalue weighted by molar-refractivity contribution is 0.325. The fourth-order valence-electron chi connectivity index (χ4n) is 2.20. The van der Waals surface area contributed by atoms with Crippen molar-refractivity contribution in [3.63, 3.8) is 0 Å². The molecule has 106 valence electrons. The van der Waals surface area contributed by atoms with Gasteiger partial charge in [0.05, 0.1) is 13.2 Å². The molecule has 19 heavy (non-hydrogen) atoms. The largest absolute Gasteiger partial charge is 0.494 e. The Morgan fingerprint density at radius 3 is 2.42 bits per heavy atom. The van der Waals surface area contributed by atoms with Gasteiger partial charge in [0.2, 0.25) is 0 Å². The maximum atomic E-state index is 5.75. The van der Waals surface area contributed by atoms with Crippen molar-refractivity contribution in [1.29, 1.82) is 0 Å². The van der Waals surface area contributed by atoms with Crippen LogP contribution < -0.4 is 9.47 Å². The molecule has 0 fully saturated rings. The van der Waals surface area contributed by atoms with Crippen molar-refractivity contribution in [1.82, 2.24) is 0 Å². The Hall–Kier alpha value is -1.44. The highest BCUT2D eigenvalue weighted by atomic mass is 16.5. The molecule has 1 aromatic rings. The Kier molecular flexibility index (Phi) is 7.09. The molecule has 0 bridgehead atoms. The number of ether oxygens (including phenoxy) is 2.